The molecule has 0 bridgehead atoms. The summed E-state index contributed by atoms with van der Waals surface area (Å²) in [4.78, 5) is 11.4. The van der Waals surface area contributed by atoms with Crippen LogP contribution in [-0.4, -0.2) is 6.18 Å². The van der Waals surface area contributed by atoms with Crippen molar-refractivity contribution in [1.82, 2.24) is 0 Å². The highest BCUT2D eigenvalue weighted by Crippen LogP contribution is 2.46. The molecule has 37 heavy (non-hydrogen) atoms. The lowest BCUT2D eigenvalue weighted by Crippen LogP contribution is -2.21. The number of halogens is 3. The Bertz CT molecular complexity index is 1650. The van der Waals surface area contributed by atoms with Gasteiger partial charge in [-0.25, -0.2) is 20.2 Å². The summed E-state index contributed by atoms with van der Waals surface area (Å²) >= 11 is 5.88. The number of rotatable bonds is 6. The molecular formula is C26H13F3N4S4. The Labute approximate surface area is 226 Å². The molecule has 0 N–H and O–H groups in total. The summed E-state index contributed by atoms with van der Waals surface area (Å²) in [7, 11) is 0. The van der Waals surface area contributed by atoms with E-state index < -0.39 is 12.1 Å². The fraction of sp³-hybridized carbons (Fsp3) is 0.154. The van der Waals surface area contributed by atoms with Crippen LogP contribution in [-0.2, 0) is 6.42 Å². The molecule has 4 nitrogen and oxygen atoms in total. The van der Waals surface area contributed by atoms with Gasteiger partial charge >= 0.3 is 6.18 Å². The molecule has 0 saturated heterocycles. The molecule has 0 aliphatic rings. The molecule has 4 rings (SSSR count). The third-order valence-corrected chi connectivity index (χ3v) is 10.1. The maximum Gasteiger partial charge on any atom is 0.391 e. The van der Waals surface area contributed by atoms with E-state index in [-0.39, 0.29) is 17.8 Å². The first-order chi connectivity index (χ1) is 17.6. The number of hydrogen-bond acceptors (Lipinski definition) is 6. The van der Waals surface area contributed by atoms with Crippen molar-refractivity contribution >= 4 is 66.9 Å². The van der Waals surface area contributed by atoms with Crippen molar-refractivity contribution in [1.29, 1.82) is 10.5 Å². The van der Waals surface area contributed by atoms with Gasteiger partial charge in [-0.05, 0) is 54.5 Å². The third-order valence-electron chi connectivity index (χ3n) is 5.26. The molecule has 0 radical (unpaired) electrons. The van der Waals surface area contributed by atoms with E-state index in [0.29, 0.717) is 10.4 Å². The van der Waals surface area contributed by atoms with E-state index in [4.69, 9.17) is 23.7 Å². The van der Waals surface area contributed by atoms with E-state index in [2.05, 4.69) is 15.8 Å². The molecule has 1 atom stereocenters. The largest absolute Gasteiger partial charge is 0.391 e. The third kappa shape index (κ3) is 5.83. The molecule has 1 unspecified atom stereocenters. The average Bonchev–Trinajstić information content (AvgIpc) is 3.63. The summed E-state index contributed by atoms with van der Waals surface area (Å²) in [5, 5.41) is 18.1. The van der Waals surface area contributed by atoms with Crippen LogP contribution in [0.3, 0.4) is 0 Å². The van der Waals surface area contributed by atoms with Gasteiger partial charge in [0.1, 0.15) is 0 Å². The molecule has 182 valence electrons. The fourth-order valence-corrected chi connectivity index (χ4v) is 8.00. The maximum absolute atomic E-state index is 13.2. The van der Waals surface area contributed by atoms with Gasteiger partial charge in [0.15, 0.2) is 0 Å². The minimum Gasteiger partial charge on any atom is -0.227 e. The highest BCUT2D eigenvalue weighted by Gasteiger charge is 2.36. The van der Waals surface area contributed by atoms with Crippen LogP contribution < -0.4 is 0 Å². The number of thiophene rings is 4. The highest BCUT2D eigenvalue weighted by molar-refractivity contribution is 7.33. The number of alkyl halides is 3. The standard InChI is InChI=1S/C26H13F3N4S4/c1-14(26(27,28)29)6-15-7-21(35-20(15)9-17(13-31)33-3)23-11-25-24(37-23)10-22(36-25)19-5-4-18(34-19)8-16(12-30)32-2/h4-5,7-11,14H,6H2,1H3/b16-8-,17-9+. The lowest BCUT2D eigenvalue weighted by atomic mass is 10.0. The molecule has 0 amide bonds. The molecule has 4 aromatic heterocycles. The van der Waals surface area contributed by atoms with Gasteiger partial charge in [-0.2, -0.15) is 13.2 Å². The first-order valence-electron chi connectivity index (χ1n) is 10.5. The molecule has 0 aliphatic carbocycles. The van der Waals surface area contributed by atoms with Crippen LogP contribution in [0.25, 0.3) is 50.8 Å². The number of allylic oxidation sites excluding steroid dienone is 2. The Balaban J connectivity index is 1.67. The lowest BCUT2D eigenvalue weighted by molar-refractivity contribution is -0.169. The first kappa shape index (κ1) is 26.4. The van der Waals surface area contributed by atoms with Gasteiger partial charge in [0.25, 0.3) is 11.4 Å². The Morgan fingerprint density at radius 3 is 2.03 bits per heavy atom. The fourth-order valence-electron chi connectivity index (χ4n) is 3.37. The van der Waals surface area contributed by atoms with Crippen LogP contribution in [0.1, 0.15) is 22.2 Å². The summed E-state index contributed by atoms with van der Waals surface area (Å²) in [5.74, 6) is -1.56. The Kier molecular flexibility index (Phi) is 7.64. The summed E-state index contributed by atoms with van der Waals surface area (Å²) in [6, 6.07) is 13.2. The second-order valence-corrected chi connectivity index (χ2v) is 12.2. The second kappa shape index (κ2) is 10.7. The molecule has 0 fully saturated rings. The van der Waals surface area contributed by atoms with Crippen molar-refractivity contribution in [2.75, 3.05) is 0 Å². The van der Waals surface area contributed by atoms with Crippen molar-refractivity contribution < 1.29 is 13.2 Å². The molecule has 4 aromatic rings. The van der Waals surface area contributed by atoms with E-state index in [1.807, 2.05) is 24.3 Å². The van der Waals surface area contributed by atoms with Crippen molar-refractivity contribution in [3.05, 3.63) is 79.9 Å². The predicted molar refractivity (Wildman–Crippen MR) is 146 cm³/mol. The molecular weight excluding hydrogens is 554 g/mol. The number of nitriles is 2. The Morgan fingerprint density at radius 1 is 0.892 bits per heavy atom. The van der Waals surface area contributed by atoms with E-state index in [0.717, 1.165) is 40.7 Å². The van der Waals surface area contributed by atoms with E-state index in [1.165, 1.54) is 40.1 Å². The molecule has 0 aliphatic heterocycles. The number of nitrogens with zero attached hydrogens (tertiary/aromatic N) is 4. The highest BCUT2D eigenvalue weighted by atomic mass is 32.1. The molecule has 4 heterocycles. The van der Waals surface area contributed by atoms with Crippen LogP contribution in [0.5, 0.6) is 0 Å². The summed E-state index contributed by atoms with van der Waals surface area (Å²) < 4.78 is 41.8. The SMILES string of the molecule is [C-]#[N+]/C(C#N)=C\c1ccc(-c2cc3sc(-c4cc(CC(C)C(F)(F)F)c(/C=C(\C#N)[N+]#[C-])s4)cc3s2)s1. The van der Waals surface area contributed by atoms with Gasteiger partial charge < -0.3 is 0 Å². The molecule has 0 spiro atoms. The molecule has 11 heteroatoms. The first-order valence-corrected chi connectivity index (χ1v) is 13.7. The van der Waals surface area contributed by atoms with Crippen molar-refractivity contribution in [3.8, 4) is 31.6 Å². The van der Waals surface area contributed by atoms with Crippen molar-refractivity contribution in [2.45, 2.75) is 19.5 Å². The summed E-state index contributed by atoms with van der Waals surface area (Å²) in [6.45, 7) is 15.3. The average molecular weight is 567 g/mol. The Hall–Kier alpha value is -3.71. The van der Waals surface area contributed by atoms with Gasteiger partial charge in [0.2, 0.25) is 0 Å². The minimum absolute atomic E-state index is 0.0256. The zero-order chi connectivity index (χ0) is 26.7. The van der Waals surface area contributed by atoms with Gasteiger partial charge in [-0.3, -0.25) is 0 Å². The second-order valence-electron chi connectivity index (χ2n) is 7.81. The minimum atomic E-state index is -4.34. The zero-order valence-corrected chi connectivity index (χ0v) is 22.1. The predicted octanol–water partition coefficient (Wildman–Crippen LogP) is 9.73. The maximum atomic E-state index is 13.2. The van der Waals surface area contributed by atoms with Crippen molar-refractivity contribution in [2.24, 2.45) is 5.92 Å². The van der Waals surface area contributed by atoms with Crippen LogP contribution in [0.2, 0.25) is 0 Å². The normalized spacial score (nSPS) is 13.1. The smallest absolute Gasteiger partial charge is 0.227 e. The van der Waals surface area contributed by atoms with Gasteiger partial charge in [0, 0.05) is 38.7 Å². The van der Waals surface area contributed by atoms with E-state index in [9.17, 15) is 13.2 Å². The van der Waals surface area contributed by atoms with Gasteiger partial charge in [-0.15, -0.1) is 45.3 Å². The summed E-state index contributed by atoms with van der Waals surface area (Å²) in [6.07, 6.45) is -1.65. The van der Waals surface area contributed by atoms with Crippen molar-refractivity contribution in [3.63, 3.8) is 0 Å². The van der Waals surface area contributed by atoms with Gasteiger partial charge in [0.05, 0.1) is 31.2 Å². The topological polar surface area (TPSA) is 56.3 Å². The van der Waals surface area contributed by atoms with Crippen LogP contribution in [0, 0.1) is 41.7 Å². The van der Waals surface area contributed by atoms with Crippen LogP contribution in [0.15, 0.2) is 41.7 Å². The monoisotopic (exact) mass is 566 g/mol. The van der Waals surface area contributed by atoms with E-state index >= 15 is 0 Å². The lowest BCUT2D eigenvalue weighted by Gasteiger charge is -2.15. The van der Waals surface area contributed by atoms with Gasteiger partial charge in [-0.1, -0.05) is 6.92 Å². The van der Waals surface area contributed by atoms with Crippen LogP contribution in [0.4, 0.5) is 13.2 Å². The molecule has 0 saturated carbocycles. The quantitative estimate of drug-likeness (QED) is 0.172. The number of hydrogen-bond donors (Lipinski definition) is 0. The molecule has 0 aromatic carbocycles. The zero-order valence-electron chi connectivity index (χ0n) is 18.9. The summed E-state index contributed by atoms with van der Waals surface area (Å²) in [5.41, 5.74) is 0.321. The Morgan fingerprint density at radius 2 is 1.46 bits per heavy atom. The van der Waals surface area contributed by atoms with E-state index in [1.54, 1.807) is 29.5 Å². The van der Waals surface area contributed by atoms with Crippen LogP contribution >= 0.6 is 45.3 Å². The number of fused-ring (bicyclic) bond motifs is 1.